The Hall–Kier alpha value is -0.820. The van der Waals surface area contributed by atoms with Crippen molar-refractivity contribution in [3.05, 3.63) is 35.4 Å². The minimum atomic E-state index is 0.447. The van der Waals surface area contributed by atoms with Crippen LogP contribution in [0.4, 0.5) is 0 Å². The molecule has 3 rings (SSSR count). The van der Waals surface area contributed by atoms with Crippen molar-refractivity contribution in [1.29, 1.82) is 0 Å². The van der Waals surface area contributed by atoms with Crippen LogP contribution in [-0.4, -0.2) is 12.7 Å². The average molecular weight is 463 g/mol. The Morgan fingerprint density at radius 3 is 1.76 bits per heavy atom. The van der Waals surface area contributed by atoms with Gasteiger partial charge in [0, 0.05) is 6.61 Å². The lowest BCUT2D eigenvalue weighted by atomic mass is 9.72. The largest absolute Gasteiger partial charge is 0.378 e. The number of aryl methyl sites for hydroxylation is 1. The van der Waals surface area contributed by atoms with Crippen LogP contribution in [0.2, 0.25) is 0 Å². The summed E-state index contributed by atoms with van der Waals surface area (Å²) in [6.07, 6.45) is 16.8. The van der Waals surface area contributed by atoms with Crippen molar-refractivity contribution in [1.82, 2.24) is 0 Å². The van der Waals surface area contributed by atoms with E-state index in [0.29, 0.717) is 11.5 Å². The molecule has 2 aliphatic carbocycles. The van der Waals surface area contributed by atoms with Crippen molar-refractivity contribution >= 4 is 0 Å². The van der Waals surface area contributed by atoms with E-state index in [-0.39, 0.29) is 0 Å². The van der Waals surface area contributed by atoms with E-state index < -0.39 is 0 Å². The fraction of sp³-hybridized carbons (Fsp3) is 0.812. The average Bonchev–Trinajstić information content (AvgIpc) is 2.82. The minimum absolute atomic E-state index is 0.447. The molecule has 2 fully saturated rings. The van der Waals surface area contributed by atoms with Gasteiger partial charge in [-0.2, -0.15) is 0 Å². The maximum atomic E-state index is 5.68. The Balaban J connectivity index is 0. The van der Waals surface area contributed by atoms with Gasteiger partial charge in [-0.3, -0.25) is 0 Å². The summed E-state index contributed by atoms with van der Waals surface area (Å²) < 4.78 is 5.68. The zero-order valence-corrected chi connectivity index (χ0v) is 24.6. The van der Waals surface area contributed by atoms with E-state index in [1.54, 1.807) is 5.56 Å². The van der Waals surface area contributed by atoms with Crippen LogP contribution in [0.25, 0.3) is 0 Å². The summed E-state index contributed by atoms with van der Waals surface area (Å²) >= 11 is 0. The summed E-state index contributed by atoms with van der Waals surface area (Å²) in [5.74, 6) is 0.884. The molecule has 0 aromatic heterocycles. The Labute approximate surface area is 210 Å². The molecule has 1 aromatic rings. The van der Waals surface area contributed by atoms with Crippen LogP contribution in [0.1, 0.15) is 157 Å². The summed E-state index contributed by atoms with van der Waals surface area (Å²) in [5, 5.41) is 0. The predicted octanol–water partition coefficient (Wildman–Crippen LogP) is 11.1. The Bertz CT molecular complexity index is 494. The summed E-state index contributed by atoms with van der Waals surface area (Å²) in [5.41, 5.74) is 3.54. The second-order valence-electron chi connectivity index (χ2n) is 9.49. The molecule has 0 spiro atoms. The molecule has 1 atom stereocenters. The van der Waals surface area contributed by atoms with Crippen LogP contribution >= 0.6 is 0 Å². The third kappa shape index (κ3) is 14.9. The molecule has 0 radical (unpaired) electrons. The van der Waals surface area contributed by atoms with Gasteiger partial charge in [0.15, 0.2) is 0 Å². The summed E-state index contributed by atoms with van der Waals surface area (Å²) in [4.78, 5) is 0. The smallest absolute Gasteiger partial charge is 0.0600 e. The van der Waals surface area contributed by atoms with E-state index in [0.717, 1.165) is 12.5 Å². The lowest BCUT2D eigenvalue weighted by Gasteiger charge is -2.38. The van der Waals surface area contributed by atoms with Crippen LogP contribution in [0.5, 0.6) is 0 Å². The van der Waals surface area contributed by atoms with Gasteiger partial charge in [0.05, 0.1) is 6.10 Å². The molecule has 33 heavy (non-hydrogen) atoms. The maximum absolute atomic E-state index is 5.68. The van der Waals surface area contributed by atoms with Gasteiger partial charge in [-0.15, -0.1) is 0 Å². The summed E-state index contributed by atoms with van der Waals surface area (Å²) in [6, 6.07) is 9.33. The molecule has 1 nitrogen and oxygen atoms in total. The number of hydrogen-bond donors (Lipinski definition) is 0. The molecular weight excluding hydrogens is 400 g/mol. The van der Waals surface area contributed by atoms with E-state index >= 15 is 0 Å². The molecule has 196 valence electrons. The first-order valence-corrected chi connectivity index (χ1v) is 14.7. The van der Waals surface area contributed by atoms with Crippen LogP contribution < -0.4 is 0 Å². The third-order valence-corrected chi connectivity index (χ3v) is 6.77. The van der Waals surface area contributed by atoms with Gasteiger partial charge in [0.1, 0.15) is 0 Å². The van der Waals surface area contributed by atoms with E-state index in [2.05, 4.69) is 65.8 Å². The van der Waals surface area contributed by atoms with Crippen molar-refractivity contribution in [3.8, 4) is 0 Å². The topological polar surface area (TPSA) is 9.23 Å². The first kappa shape index (κ1) is 34.3. The molecular formula is C32H62O. The molecule has 0 N–H and O–H groups in total. The summed E-state index contributed by atoms with van der Waals surface area (Å²) in [6.45, 7) is 22.1. The van der Waals surface area contributed by atoms with Crippen molar-refractivity contribution < 1.29 is 4.74 Å². The van der Waals surface area contributed by atoms with Crippen molar-refractivity contribution in [2.45, 2.75) is 158 Å². The fourth-order valence-electron chi connectivity index (χ4n) is 4.30. The lowest BCUT2D eigenvalue weighted by molar-refractivity contribution is -0.0336. The normalized spacial score (nSPS) is 17.2. The van der Waals surface area contributed by atoms with Gasteiger partial charge in [-0.25, -0.2) is 0 Å². The first-order valence-electron chi connectivity index (χ1n) is 14.7. The SMILES string of the molecule is CC.CC.CCC.CCCCc1ccc(C2CCC2)cc1.CCOC(C)C1(C)CCCCC1. The second kappa shape index (κ2) is 22.9. The Kier molecular flexibility index (Phi) is 23.9. The third-order valence-electron chi connectivity index (χ3n) is 6.77. The van der Waals surface area contributed by atoms with Crippen LogP contribution in [0.3, 0.4) is 0 Å². The number of hydrogen-bond acceptors (Lipinski definition) is 1. The van der Waals surface area contributed by atoms with Crippen molar-refractivity contribution in [2.24, 2.45) is 5.41 Å². The second-order valence-corrected chi connectivity index (χ2v) is 9.49. The first-order chi connectivity index (χ1) is 16.0. The predicted molar refractivity (Wildman–Crippen MR) is 153 cm³/mol. The van der Waals surface area contributed by atoms with Crippen LogP contribution in [0, 0.1) is 5.41 Å². The van der Waals surface area contributed by atoms with Gasteiger partial charge in [-0.05, 0) is 74.8 Å². The fourth-order valence-corrected chi connectivity index (χ4v) is 4.30. The van der Waals surface area contributed by atoms with E-state index in [4.69, 9.17) is 4.74 Å². The molecule has 0 aliphatic heterocycles. The lowest BCUT2D eigenvalue weighted by Crippen LogP contribution is -2.34. The molecule has 2 saturated carbocycles. The van der Waals surface area contributed by atoms with Gasteiger partial charge < -0.3 is 4.74 Å². The molecule has 0 bridgehead atoms. The van der Waals surface area contributed by atoms with Gasteiger partial charge in [0.2, 0.25) is 0 Å². The van der Waals surface area contributed by atoms with E-state index in [1.807, 2.05) is 27.7 Å². The quantitative estimate of drug-likeness (QED) is 0.391. The van der Waals surface area contributed by atoms with Gasteiger partial charge in [-0.1, -0.05) is 118 Å². The minimum Gasteiger partial charge on any atom is -0.378 e. The highest BCUT2D eigenvalue weighted by Gasteiger charge is 2.32. The molecule has 0 amide bonds. The molecule has 2 aliphatic rings. The summed E-state index contributed by atoms with van der Waals surface area (Å²) in [7, 11) is 0. The van der Waals surface area contributed by atoms with E-state index in [1.165, 1.54) is 82.6 Å². The van der Waals surface area contributed by atoms with Crippen LogP contribution in [-0.2, 0) is 11.2 Å². The number of benzene rings is 1. The van der Waals surface area contributed by atoms with Gasteiger partial charge >= 0.3 is 0 Å². The standard InChI is InChI=1S/C14H20.C11H22O.C3H8.2C2H6/c1-2-3-5-12-8-10-14(11-9-12)13-6-4-7-13;1-4-12-10(2)11(3)8-6-5-7-9-11;1-3-2;2*1-2/h8-11,13H,2-7H2,1H3;10H,4-9H2,1-3H3;3H2,1-2H3;2*1-2H3. The number of rotatable bonds is 7. The van der Waals surface area contributed by atoms with Gasteiger partial charge in [0.25, 0.3) is 0 Å². The monoisotopic (exact) mass is 462 g/mol. The highest BCUT2D eigenvalue weighted by Crippen LogP contribution is 2.39. The number of ether oxygens (including phenoxy) is 1. The van der Waals surface area contributed by atoms with Crippen LogP contribution in [0.15, 0.2) is 24.3 Å². The molecule has 1 unspecified atom stereocenters. The number of unbranched alkanes of at least 4 members (excludes halogenated alkanes) is 1. The van der Waals surface area contributed by atoms with E-state index in [9.17, 15) is 0 Å². The highest BCUT2D eigenvalue weighted by molar-refractivity contribution is 5.26. The molecule has 0 saturated heterocycles. The van der Waals surface area contributed by atoms with Crippen molar-refractivity contribution in [3.63, 3.8) is 0 Å². The zero-order chi connectivity index (χ0) is 25.5. The molecule has 1 aromatic carbocycles. The van der Waals surface area contributed by atoms with Crippen molar-refractivity contribution in [2.75, 3.05) is 6.61 Å². The zero-order valence-electron chi connectivity index (χ0n) is 24.6. The highest BCUT2D eigenvalue weighted by atomic mass is 16.5. The maximum Gasteiger partial charge on any atom is 0.0600 e. The molecule has 0 heterocycles. The molecule has 1 heteroatoms. The Morgan fingerprint density at radius 1 is 0.848 bits per heavy atom. The Morgan fingerprint density at radius 2 is 1.36 bits per heavy atom.